The number of nitrogen functional groups attached to an aromatic ring is 1. The highest BCUT2D eigenvalue weighted by Gasteiger charge is 2.08. The third-order valence-corrected chi connectivity index (χ3v) is 2.39. The molecule has 0 aliphatic heterocycles. The minimum atomic E-state index is 0.114. The Morgan fingerprint density at radius 1 is 1.12 bits per heavy atom. The highest BCUT2D eigenvalue weighted by Crippen LogP contribution is 2.34. The minimum absolute atomic E-state index is 0.114. The SMILES string of the molecule is Nc1cccc(O)c1-c1cccc(C=O)c1. The Hall–Kier alpha value is -2.29. The molecule has 3 nitrogen and oxygen atoms in total. The van der Waals surface area contributed by atoms with Crippen LogP contribution in [0.15, 0.2) is 42.5 Å². The summed E-state index contributed by atoms with van der Waals surface area (Å²) < 4.78 is 0. The predicted octanol–water partition coefficient (Wildman–Crippen LogP) is 2.45. The molecule has 0 aromatic heterocycles. The lowest BCUT2D eigenvalue weighted by Gasteiger charge is -2.08. The van der Waals surface area contributed by atoms with Gasteiger partial charge < -0.3 is 10.8 Å². The lowest BCUT2D eigenvalue weighted by molar-refractivity contribution is 0.112. The molecule has 0 saturated heterocycles. The fraction of sp³-hybridized carbons (Fsp3) is 0. The Morgan fingerprint density at radius 2 is 1.88 bits per heavy atom. The molecule has 2 aromatic carbocycles. The number of aromatic hydroxyl groups is 1. The predicted molar refractivity (Wildman–Crippen MR) is 63.3 cm³/mol. The number of rotatable bonds is 2. The zero-order valence-corrected chi connectivity index (χ0v) is 8.55. The van der Waals surface area contributed by atoms with Crippen LogP contribution in [0.2, 0.25) is 0 Å². The first kappa shape index (κ1) is 10.2. The standard InChI is InChI=1S/C13H11NO2/c14-11-5-2-6-12(16)13(11)10-4-1-3-9(7-10)8-15/h1-8,16H,14H2. The molecule has 0 aliphatic rings. The molecule has 3 heteroatoms. The summed E-state index contributed by atoms with van der Waals surface area (Å²) in [5, 5.41) is 9.74. The number of phenols is 1. The normalized spacial score (nSPS) is 10.0. The molecule has 0 fully saturated rings. The third-order valence-electron chi connectivity index (χ3n) is 2.39. The number of phenolic OH excluding ortho intramolecular Hbond substituents is 1. The van der Waals surface area contributed by atoms with E-state index in [9.17, 15) is 9.90 Å². The molecular weight excluding hydrogens is 202 g/mol. The monoisotopic (exact) mass is 213 g/mol. The molecule has 3 N–H and O–H groups in total. The van der Waals surface area contributed by atoms with Gasteiger partial charge in [-0.25, -0.2) is 0 Å². The summed E-state index contributed by atoms with van der Waals surface area (Å²) in [6.45, 7) is 0. The number of hydrogen-bond donors (Lipinski definition) is 2. The zero-order chi connectivity index (χ0) is 11.5. The molecule has 0 unspecified atom stereocenters. The number of benzene rings is 2. The van der Waals surface area contributed by atoms with Crippen molar-refractivity contribution in [3.05, 3.63) is 48.0 Å². The lowest BCUT2D eigenvalue weighted by Crippen LogP contribution is -1.91. The van der Waals surface area contributed by atoms with Crippen LogP contribution in [0.3, 0.4) is 0 Å². The number of carbonyl (C=O) groups is 1. The summed E-state index contributed by atoms with van der Waals surface area (Å²) in [7, 11) is 0. The van der Waals surface area contributed by atoms with Crippen LogP contribution in [-0.2, 0) is 0 Å². The molecule has 0 bridgehead atoms. The molecule has 16 heavy (non-hydrogen) atoms. The molecule has 0 radical (unpaired) electrons. The second-order valence-corrected chi connectivity index (χ2v) is 3.48. The van der Waals surface area contributed by atoms with E-state index in [-0.39, 0.29) is 5.75 Å². The molecule has 0 spiro atoms. The lowest BCUT2D eigenvalue weighted by atomic mass is 10.0. The molecular formula is C13H11NO2. The van der Waals surface area contributed by atoms with Gasteiger partial charge in [0.2, 0.25) is 0 Å². The van der Waals surface area contributed by atoms with Gasteiger partial charge in [-0.3, -0.25) is 4.79 Å². The van der Waals surface area contributed by atoms with Crippen molar-refractivity contribution in [1.82, 2.24) is 0 Å². The molecule has 0 atom stereocenters. The Bertz CT molecular complexity index is 515. The number of carbonyl (C=O) groups excluding carboxylic acids is 1. The Labute approximate surface area is 93.1 Å². The van der Waals surface area contributed by atoms with Gasteiger partial charge in [-0.2, -0.15) is 0 Å². The van der Waals surface area contributed by atoms with Crippen molar-refractivity contribution in [1.29, 1.82) is 0 Å². The van der Waals surface area contributed by atoms with E-state index in [1.165, 1.54) is 0 Å². The maximum absolute atomic E-state index is 10.7. The fourth-order valence-electron chi connectivity index (χ4n) is 1.64. The first-order valence-corrected chi connectivity index (χ1v) is 4.85. The molecule has 0 amide bonds. The second kappa shape index (κ2) is 4.06. The van der Waals surface area contributed by atoms with Gasteiger partial charge in [0, 0.05) is 16.8 Å². The highest BCUT2D eigenvalue weighted by atomic mass is 16.3. The summed E-state index contributed by atoms with van der Waals surface area (Å²) in [5.41, 5.74) is 8.14. The summed E-state index contributed by atoms with van der Waals surface area (Å²) in [5.74, 6) is 0.114. The van der Waals surface area contributed by atoms with Crippen molar-refractivity contribution in [2.24, 2.45) is 0 Å². The smallest absolute Gasteiger partial charge is 0.150 e. The van der Waals surface area contributed by atoms with E-state index in [4.69, 9.17) is 5.73 Å². The first-order chi connectivity index (χ1) is 7.72. The minimum Gasteiger partial charge on any atom is -0.507 e. The van der Waals surface area contributed by atoms with Gasteiger partial charge in [0.25, 0.3) is 0 Å². The van der Waals surface area contributed by atoms with Crippen LogP contribution in [0, 0.1) is 0 Å². The van der Waals surface area contributed by atoms with Crippen LogP contribution in [0.5, 0.6) is 5.75 Å². The second-order valence-electron chi connectivity index (χ2n) is 3.48. The van der Waals surface area contributed by atoms with E-state index in [0.29, 0.717) is 16.8 Å². The molecule has 80 valence electrons. The Kier molecular flexibility index (Phi) is 2.60. The topological polar surface area (TPSA) is 63.3 Å². The number of nitrogens with two attached hydrogens (primary N) is 1. The molecule has 2 rings (SSSR count). The van der Waals surface area contributed by atoms with E-state index in [1.807, 2.05) is 0 Å². The van der Waals surface area contributed by atoms with E-state index in [2.05, 4.69) is 0 Å². The van der Waals surface area contributed by atoms with E-state index >= 15 is 0 Å². The van der Waals surface area contributed by atoms with Crippen molar-refractivity contribution in [3.63, 3.8) is 0 Å². The van der Waals surface area contributed by atoms with Gasteiger partial charge in [0.05, 0.1) is 0 Å². The number of hydrogen-bond acceptors (Lipinski definition) is 3. The Balaban J connectivity index is 2.62. The summed E-state index contributed by atoms with van der Waals surface area (Å²) in [6, 6.07) is 11.9. The average molecular weight is 213 g/mol. The molecule has 0 aliphatic carbocycles. The highest BCUT2D eigenvalue weighted by molar-refractivity contribution is 5.85. The molecule has 2 aromatic rings. The van der Waals surface area contributed by atoms with Gasteiger partial charge >= 0.3 is 0 Å². The summed E-state index contributed by atoms with van der Waals surface area (Å²) >= 11 is 0. The maximum Gasteiger partial charge on any atom is 0.150 e. The first-order valence-electron chi connectivity index (χ1n) is 4.85. The van der Waals surface area contributed by atoms with Crippen LogP contribution in [-0.4, -0.2) is 11.4 Å². The van der Waals surface area contributed by atoms with Crippen LogP contribution < -0.4 is 5.73 Å². The van der Waals surface area contributed by atoms with E-state index in [0.717, 1.165) is 11.8 Å². The van der Waals surface area contributed by atoms with Gasteiger partial charge in [-0.05, 0) is 23.8 Å². The molecule has 0 saturated carbocycles. The number of anilines is 1. The largest absolute Gasteiger partial charge is 0.507 e. The van der Waals surface area contributed by atoms with Crippen LogP contribution in [0.1, 0.15) is 10.4 Å². The van der Waals surface area contributed by atoms with Gasteiger partial charge in [0.1, 0.15) is 12.0 Å². The van der Waals surface area contributed by atoms with Crippen molar-refractivity contribution in [3.8, 4) is 16.9 Å². The average Bonchev–Trinajstić information content (AvgIpc) is 2.29. The van der Waals surface area contributed by atoms with Crippen molar-refractivity contribution >= 4 is 12.0 Å². The van der Waals surface area contributed by atoms with E-state index < -0.39 is 0 Å². The number of aldehydes is 1. The quantitative estimate of drug-likeness (QED) is 0.595. The van der Waals surface area contributed by atoms with Gasteiger partial charge in [-0.15, -0.1) is 0 Å². The fourth-order valence-corrected chi connectivity index (χ4v) is 1.64. The van der Waals surface area contributed by atoms with E-state index in [1.54, 1.807) is 42.5 Å². The van der Waals surface area contributed by atoms with Crippen LogP contribution in [0.25, 0.3) is 11.1 Å². The van der Waals surface area contributed by atoms with Crippen LogP contribution in [0.4, 0.5) is 5.69 Å². The van der Waals surface area contributed by atoms with Crippen molar-refractivity contribution < 1.29 is 9.90 Å². The Morgan fingerprint density at radius 3 is 2.56 bits per heavy atom. The molecule has 0 heterocycles. The third kappa shape index (κ3) is 1.75. The van der Waals surface area contributed by atoms with Crippen molar-refractivity contribution in [2.45, 2.75) is 0 Å². The zero-order valence-electron chi connectivity index (χ0n) is 8.55. The van der Waals surface area contributed by atoms with Gasteiger partial charge in [0.15, 0.2) is 0 Å². The van der Waals surface area contributed by atoms with Gasteiger partial charge in [-0.1, -0.05) is 24.3 Å². The summed E-state index contributed by atoms with van der Waals surface area (Å²) in [6.07, 6.45) is 0.764. The summed E-state index contributed by atoms with van der Waals surface area (Å²) in [4.78, 5) is 10.7. The van der Waals surface area contributed by atoms with Crippen LogP contribution >= 0.6 is 0 Å². The maximum atomic E-state index is 10.7. The van der Waals surface area contributed by atoms with Crippen molar-refractivity contribution in [2.75, 3.05) is 5.73 Å².